The van der Waals surface area contributed by atoms with Crippen molar-refractivity contribution in [2.24, 2.45) is 0 Å². The lowest BCUT2D eigenvalue weighted by Crippen LogP contribution is -2.36. The van der Waals surface area contributed by atoms with Gasteiger partial charge in [-0.1, -0.05) is 59.8 Å². The van der Waals surface area contributed by atoms with Crippen molar-refractivity contribution in [3.63, 3.8) is 0 Å². The lowest BCUT2D eigenvalue weighted by Gasteiger charge is -2.26. The summed E-state index contributed by atoms with van der Waals surface area (Å²) in [5.74, 6) is 4.81. The molecule has 3 aromatic carbocycles. The van der Waals surface area contributed by atoms with Crippen LogP contribution >= 0.6 is 11.6 Å². The third-order valence-corrected chi connectivity index (χ3v) is 5.29. The largest absolute Gasteiger partial charge is 0.311 e. The van der Waals surface area contributed by atoms with Crippen molar-refractivity contribution >= 4 is 35.1 Å². The topological polar surface area (TPSA) is 37.4 Å². The number of hydrogen-bond acceptors (Lipinski definition) is 2. The van der Waals surface area contributed by atoms with Gasteiger partial charge in [-0.15, -0.1) is 0 Å². The molecule has 0 aromatic heterocycles. The molecule has 0 atom stereocenters. The molecular formula is C26H17ClFNO2. The van der Waals surface area contributed by atoms with Crippen molar-refractivity contribution in [1.29, 1.82) is 0 Å². The molecule has 0 spiro atoms. The number of likely N-dealkylation sites (N-methyl/N-ethyl adjacent to an activating group) is 1. The molecule has 5 heteroatoms. The van der Waals surface area contributed by atoms with Gasteiger partial charge < -0.3 is 4.90 Å². The molecule has 4 rings (SSSR count). The standard InChI is InChI=1S/C26H17ClFNO2/c1-29-24-13-11-18(9-5-8-17-6-3-2-4-7-17)14-20(24)25(30)21(26(29)31)15-19-10-12-23(28)22(27)16-19/h2-4,6-7,10-16H,8H2,1H3/b21-15+. The maximum atomic E-state index is 13.4. The second-order valence-electron chi connectivity index (χ2n) is 7.12. The highest BCUT2D eigenvalue weighted by molar-refractivity contribution is 6.36. The predicted octanol–water partition coefficient (Wildman–Crippen LogP) is 5.32. The molecule has 1 aliphatic heterocycles. The molecule has 0 N–H and O–H groups in total. The van der Waals surface area contributed by atoms with Gasteiger partial charge in [0.1, 0.15) is 5.82 Å². The molecule has 1 heterocycles. The zero-order chi connectivity index (χ0) is 22.0. The van der Waals surface area contributed by atoms with E-state index in [9.17, 15) is 14.0 Å². The van der Waals surface area contributed by atoms with E-state index in [0.29, 0.717) is 28.8 Å². The summed E-state index contributed by atoms with van der Waals surface area (Å²) in [4.78, 5) is 27.3. The Morgan fingerprint density at radius 2 is 1.81 bits per heavy atom. The first kappa shape index (κ1) is 20.6. The van der Waals surface area contributed by atoms with E-state index in [-0.39, 0.29) is 10.6 Å². The molecule has 31 heavy (non-hydrogen) atoms. The zero-order valence-electron chi connectivity index (χ0n) is 16.7. The minimum Gasteiger partial charge on any atom is -0.311 e. The van der Waals surface area contributed by atoms with Gasteiger partial charge in [0.05, 0.1) is 16.3 Å². The van der Waals surface area contributed by atoms with Crippen molar-refractivity contribution in [3.8, 4) is 11.8 Å². The number of anilines is 1. The Bertz CT molecular complexity index is 1290. The number of hydrogen-bond donors (Lipinski definition) is 0. The van der Waals surface area contributed by atoms with E-state index in [0.717, 1.165) is 5.56 Å². The van der Waals surface area contributed by atoms with Gasteiger partial charge in [0, 0.05) is 24.6 Å². The molecule has 1 aliphatic rings. The number of fused-ring (bicyclic) bond motifs is 1. The maximum Gasteiger partial charge on any atom is 0.262 e. The second kappa shape index (κ2) is 8.59. The van der Waals surface area contributed by atoms with E-state index in [2.05, 4.69) is 11.8 Å². The molecule has 3 nitrogen and oxygen atoms in total. The summed E-state index contributed by atoms with van der Waals surface area (Å²) in [5, 5.41) is -0.0743. The monoisotopic (exact) mass is 429 g/mol. The second-order valence-corrected chi connectivity index (χ2v) is 7.53. The van der Waals surface area contributed by atoms with Gasteiger partial charge in [-0.2, -0.15) is 0 Å². The van der Waals surface area contributed by atoms with Crippen molar-refractivity contribution < 1.29 is 14.0 Å². The first-order valence-corrected chi connectivity index (χ1v) is 9.98. The molecule has 0 saturated heterocycles. The zero-order valence-corrected chi connectivity index (χ0v) is 17.4. The number of carbonyl (C=O) groups is 2. The van der Waals surface area contributed by atoms with E-state index in [1.807, 2.05) is 30.3 Å². The van der Waals surface area contributed by atoms with Gasteiger partial charge in [0.25, 0.3) is 5.91 Å². The normalized spacial score (nSPS) is 14.3. The minimum atomic E-state index is -0.564. The number of halogens is 2. The highest BCUT2D eigenvalue weighted by Crippen LogP contribution is 2.31. The molecule has 152 valence electrons. The Balaban J connectivity index is 1.67. The summed E-state index contributed by atoms with van der Waals surface area (Å²) in [7, 11) is 1.61. The quantitative estimate of drug-likeness (QED) is 0.314. The summed E-state index contributed by atoms with van der Waals surface area (Å²) < 4.78 is 13.4. The number of carbonyl (C=O) groups excluding carboxylic acids is 2. The van der Waals surface area contributed by atoms with Gasteiger partial charge in [-0.25, -0.2) is 4.39 Å². The molecule has 0 aliphatic carbocycles. The Hall–Kier alpha value is -3.68. The molecule has 0 bridgehead atoms. The SMILES string of the molecule is CN1C(=O)/C(=C/c2ccc(F)c(Cl)c2)C(=O)c2cc(C#CCc3ccccc3)ccc21. The first-order chi connectivity index (χ1) is 14.9. The third-order valence-electron chi connectivity index (χ3n) is 5.00. The van der Waals surface area contributed by atoms with Gasteiger partial charge in [-0.05, 0) is 47.5 Å². The fraction of sp³-hybridized carbons (Fsp3) is 0.0769. The summed E-state index contributed by atoms with van der Waals surface area (Å²) in [6.45, 7) is 0. The van der Waals surface area contributed by atoms with E-state index < -0.39 is 17.5 Å². The summed E-state index contributed by atoms with van der Waals surface area (Å²) >= 11 is 5.83. The number of ketones is 1. The van der Waals surface area contributed by atoms with Crippen LogP contribution < -0.4 is 4.90 Å². The van der Waals surface area contributed by atoms with Crippen LogP contribution in [0.25, 0.3) is 6.08 Å². The van der Waals surface area contributed by atoms with Gasteiger partial charge in [-0.3, -0.25) is 9.59 Å². The first-order valence-electron chi connectivity index (χ1n) is 9.60. The van der Waals surface area contributed by atoms with Crippen LogP contribution in [-0.2, 0) is 11.2 Å². The lowest BCUT2D eigenvalue weighted by molar-refractivity contribution is -0.114. The van der Waals surface area contributed by atoms with Crippen LogP contribution in [0.2, 0.25) is 5.02 Å². The van der Waals surface area contributed by atoms with E-state index >= 15 is 0 Å². The van der Waals surface area contributed by atoms with Crippen molar-refractivity contribution in [3.05, 3.63) is 105 Å². The van der Waals surface area contributed by atoms with Crippen LogP contribution in [0.4, 0.5) is 10.1 Å². The average Bonchev–Trinajstić information content (AvgIpc) is 2.78. The fourth-order valence-corrected chi connectivity index (χ4v) is 3.55. The summed E-state index contributed by atoms with van der Waals surface area (Å²) in [6.07, 6.45) is 2.03. The van der Waals surface area contributed by atoms with E-state index in [1.54, 1.807) is 25.2 Å². The van der Waals surface area contributed by atoms with Gasteiger partial charge in [0.2, 0.25) is 5.78 Å². The van der Waals surface area contributed by atoms with Crippen LogP contribution in [0.15, 0.2) is 72.3 Å². The van der Waals surface area contributed by atoms with Crippen LogP contribution in [-0.4, -0.2) is 18.7 Å². The van der Waals surface area contributed by atoms with E-state index in [1.165, 1.54) is 29.2 Å². The number of Topliss-reactive ketones (excluding diaryl/α,β-unsaturated/α-hetero) is 1. The van der Waals surface area contributed by atoms with Crippen LogP contribution in [0.1, 0.15) is 27.0 Å². The smallest absolute Gasteiger partial charge is 0.262 e. The summed E-state index contributed by atoms with van der Waals surface area (Å²) in [5.41, 5.74) is 3.18. The molecule has 1 amide bonds. The molecule has 0 unspecified atom stereocenters. The summed E-state index contributed by atoms with van der Waals surface area (Å²) in [6, 6.07) is 19.2. The molecule has 0 radical (unpaired) electrons. The van der Waals surface area contributed by atoms with Gasteiger partial charge in [0.15, 0.2) is 0 Å². The average molecular weight is 430 g/mol. The molecular weight excluding hydrogens is 413 g/mol. The number of amides is 1. The van der Waals surface area contributed by atoms with Crippen LogP contribution in [0, 0.1) is 17.7 Å². The van der Waals surface area contributed by atoms with Crippen molar-refractivity contribution in [2.75, 3.05) is 11.9 Å². The Morgan fingerprint density at radius 3 is 2.55 bits per heavy atom. The van der Waals surface area contributed by atoms with E-state index in [4.69, 9.17) is 11.6 Å². The van der Waals surface area contributed by atoms with Gasteiger partial charge >= 0.3 is 0 Å². The number of benzene rings is 3. The molecule has 0 saturated carbocycles. The Kier molecular flexibility index (Phi) is 5.70. The highest BCUT2D eigenvalue weighted by atomic mass is 35.5. The van der Waals surface area contributed by atoms with Crippen LogP contribution in [0.3, 0.4) is 0 Å². The maximum absolute atomic E-state index is 13.4. The van der Waals surface area contributed by atoms with Crippen molar-refractivity contribution in [1.82, 2.24) is 0 Å². The van der Waals surface area contributed by atoms with Crippen molar-refractivity contribution in [2.45, 2.75) is 6.42 Å². The molecule has 0 fully saturated rings. The third kappa shape index (κ3) is 4.28. The fourth-order valence-electron chi connectivity index (χ4n) is 3.36. The number of nitrogens with zero attached hydrogens (tertiary/aromatic N) is 1. The lowest BCUT2D eigenvalue weighted by atomic mass is 9.92. The predicted molar refractivity (Wildman–Crippen MR) is 121 cm³/mol. The highest BCUT2D eigenvalue weighted by Gasteiger charge is 2.32. The Labute approximate surface area is 184 Å². The minimum absolute atomic E-state index is 0.00734. The number of rotatable bonds is 2. The molecule has 3 aromatic rings. The van der Waals surface area contributed by atoms with Crippen LogP contribution in [0.5, 0.6) is 0 Å². The Morgan fingerprint density at radius 1 is 1.03 bits per heavy atom.